The Morgan fingerprint density at radius 1 is 1.35 bits per heavy atom. The van der Waals surface area contributed by atoms with Gasteiger partial charge in [-0.1, -0.05) is 23.7 Å². The number of carbonyl (C=O) groups is 2. The van der Waals surface area contributed by atoms with Gasteiger partial charge in [-0.05, 0) is 42.4 Å². The summed E-state index contributed by atoms with van der Waals surface area (Å²) in [6.45, 7) is 0.133. The molecular formula is C17H18ClNO4. The molecule has 1 amide bonds. The Balaban J connectivity index is 1.34. The van der Waals surface area contributed by atoms with Gasteiger partial charge in [0, 0.05) is 23.4 Å². The third kappa shape index (κ3) is 2.34. The molecule has 1 aromatic carbocycles. The van der Waals surface area contributed by atoms with E-state index in [0.717, 1.165) is 17.0 Å². The molecule has 3 aliphatic rings. The van der Waals surface area contributed by atoms with Crippen LogP contribution in [-0.2, 0) is 16.0 Å². The minimum atomic E-state index is -1.07. The van der Waals surface area contributed by atoms with Crippen molar-refractivity contribution in [2.24, 2.45) is 17.8 Å². The van der Waals surface area contributed by atoms with Crippen molar-refractivity contribution in [2.75, 3.05) is 6.54 Å². The minimum Gasteiger partial charge on any atom is -0.481 e. The van der Waals surface area contributed by atoms with Crippen LogP contribution in [0.3, 0.4) is 0 Å². The van der Waals surface area contributed by atoms with Crippen LogP contribution in [0.4, 0.5) is 0 Å². The van der Waals surface area contributed by atoms with Gasteiger partial charge in [0.25, 0.3) is 0 Å². The van der Waals surface area contributed by atoms with Gasteiger partial charge in [0.2, 0.25) is 5.91 Å². The first-order valence-corrected chi connectivity index (χ1v) is 8.27. The van der Waals surface area contributed by atoms with E-state index in [1.165, 1.54) is 5.56 Å². The average molecular weight is 336 g/mol. The van der Waals surface area contributed by atoms with Crippen LogP contribution < -0.4 is 5.32 Å². The van der Waals surface area contributed by atoms with Crippen molar-refractivity contribution >= 4 is 23.5 Å². The van der Waals surface area contributed by atoms with Gasteiger partial charge in [-0.15, -0.1) is 0 Å². The van der Waals surface area contributed by atoms with E-state index >= 15 is 0 Å². The smallest absolute Gasteiger partial charge is 0.306 e. The molecule has 0 aromatic heterocycles. The van der Waals surface area contributed by atoms with Crippen molar-refractivity contribution in [2.45, 2.75) is 30.8 Å². The molecule has 5 nitrogen and oxygen atoms in total. The zero-order valence-corrected chi connectivity index (χ0v) is 13.2. The Labute approximate surface area is 138 Å². The third-order valence-corrected chi connectivity index (χ3v) is 5.97. The first-order chi connectivity index (χ1) is 10.9. The zero-order chi connectivity index (χ0) is 16.4. The van der Waals surface area contributed by atoms with Gasteiger partial charge in [-0.2, -0.15) is 0 Å². The molecular weight excluding hydrogens is 318 g/mol. The molecule has 3 unspecified atom stereocenters. The number of amides is 1. The second-order valence-electron chi connectivity index (χ2n) is 7.11. The van der Waals surface area contributed by atoms with Crippen LogP contribution in [0, 0.1) is 17.8 Å². The van der Waals surface area contributed by atoms with Crippen LogP contribution in [0.15, 0.2) is 18.2 Å². The van der Waals surface area contributed by atoms with Crippen molar-refractivity contribution < 1.29 is 19.8 Å². The lowest BCUT2D eigenvalue weighted by atomic mass is 9.71. The van der Waals surface area contributed by atoms with Crippen LogP contribution in [0.1, 0.15) is 29.9 Å². The molecule has 1 aromatic rings. The van der Waals surface area contributed by atoms with Gasteiger partial charge in [0.05, 0.1) is 11.5 Å². The largest absolute Gasteiger partial charge is 0.481 e. The second-order valence-corrected chi connectivity index (χ2v) is 7.52. The van der Waals surface area contributed by atoms with Crippen LogP contribution in [-0.4, -0.2) is 34.2 Å². The molecule has 4 rings (SSSR count). The molecule has 0 bridgehead atoms. The van der Waals surface area contributed by atoms with Crippen LogP contribution in [0.25, 0.3) is 0 Å². The SMILES string of the molecule is O=C(O)C1CC(O)(CNC(=O)C2C3Cc4c(Cl)cccc4C32)C1. The Bertz CT molecular complexity index is 698. The van der Waals surface area contributed by atoms with Crippen LogP contribution in [0.2, 0.25) is 5.02 Å². The molecule has 0 aliphatic heterocycles. The van der Waals surface area contributed by atoms with Gasteiger partial charge in [-0.3, -0.25) is 9.59 Å². The van der Waals surface area contributed by atoms with Crippen molar-refractivity contribution in [3.8, 4) is 0 Å². The maximum absolute atomic E-state index is 12.3. The molecule has 23 heavy (non-hydrogen) atoms. The van der Waals surface area contributed by atoms with E-state index in [1.807, 2.05) is 18.2 Å². The van der Waals surface area contributed by atoms with E-state index in [0.29, 0.717) is 5.92 Å². The van der Waals surface area contributed by atoms with Crippen molar-refractivity contribution in [3.63, 3.8) is 0 Å². The molecule has 3 atom stereocenters. The number of aliphatic carboxylic acids is 1. The summed E-state index contributed by atoms with van der Waals surface area (Å²) in [5.74, 6) is -0.908. The maximum Gasteiger partial charge on any atom is 0.306 e. The summed E-state index contributed by atoms with van der Waals surface area (Å²) in [6.07, 6.45) is 1.25. The predicted octanol–water partition coefficient (Wildman–Crippen LogP) is 1.57. The van der Waals surface area contributed by atoms with Gasteiger partial charge in [-0.25, -0.2) is 0 Å². The summed E-state index contributed by atoms with van der Waals surface area (Å²) in [6, 6.07) is 5.83. The van der Waals surface area contributed by atoms with E-state index in [9.17, 15) is 14.7 Å². The van der Waals surface area contributed by atoms with Gasteiger partial charge in [0.1, 0.15) is 0 Å². The highest BCUT2D eigenvalue weighted by atomic mass is 35.5. The van der Waals surface area contributed by atoms with Gasteiger partial charge < -0.3 is 15.5 Å². The molecule has 122 valence electrons. The lowest BCUT2D eigenvalue weighted by Crippen LogP contribution is -2.54. The molecule has 0 heterocycles. The van der Waals surface area contributed by atoms with E-state index in [1.54, 1.807) is 0 Å². The molecule has 0 spiro atoms. The summed E-state index contributed by atoms with van der Waals surface area (Å²) in [4.78, 5) is 23.1. The van der Waals surface area contributed by atoms with E-state index in [4.69, 9.17) is 16.7 Å². The summed E-state index contributed by atoms with van der Waals surface area (Å²) in [7, 11) is 0. The fourth-order valence-electron chi connectivity index (χ4n) is 4.29. The number of hydrogen-bond donors (Lipinski definition) is 3. The predicted molar refractivity (Wildman–Crippen MR) is 83.2 cm³/mol. The normalized spacial score (nSPS) is 36.6. The number of hydrogen-bond acceptors (Lipinski definition) is 3. The molecule has 3 aliphatic carbocycles. The Hall–Kier alpha value is -1.59. The van der Waals surface area contributed by atoms with E-state index in [-0.39, 0.29) is 37.1 Å². The zero-order valence-electron chi connectivity index (χ0n) is 12.5. The Kier molecular flexibility index (Phi) is 3.22. The van der Waals surface area contributed by atoms with Crippen LogP contribution in [0.5, 0.6) is 0 Å². The monoisotopic (exact) mass is 335 g/mol. The lowest BCUT2D eigenvalue weighted by Gasteiger charge is -2.41. The third-order valence-electron chi connectivity index (χ3n) is 5.62. The van der Waals surface area contributed by atoms with Gasteiger partial charge in [0.15, 0.2) is 0 Å². The summed E-state index contributed by atoms with van der Waals surface area (Å²) in [5.41, 5.74) is 1.27. The quantitative estimate of drug-likeness (QED) is 0.779. The average Bonchev–Trinajstić information content (AvgIpc) is 3.05. The highest BCUT2D eigenvalue weighted by Gasteiger charge is 2.60. The fourth-order valence-corrected chi connectivity index (χ4v) is 4.55. The van der Waals surface area contributed by atoms with Crippen LogP contribution >= 0.6 is 11.6 Å². The number of carboxylic acid groups (broad SMARTS) is 1. The first-order valence-electron chi connectivity index (χ1n) is 7.90. The molecule has 2 fully saturated rings. The molecule has 2 saturated carbocycles. The Morgan fingerprint density at radius 3 is 2.78 bits per heavy atom. The number of benzene rings is 1. The highest BCUT2D eigenvalue weighted by Crippen LogP contribution is 2.62. The molecule has 0 radical (unpaired) electrons. The number of nitrogens with one attached hydrogen (secondary N) is 1. The van der Waals surface area contributed by atoms with Crippen molar-refractivity contribution in [3.05, 3.63) is 34.3 Å². The number of aliphatic hydroxyl groups is 1. The molecule has 6 heteroatoms. The van der Waals surface area contributed by atoms with Crippen molar-refractivity contribution in [1.82, 2.24) is 5.32 Å². The lowest BCUT2D eigenvalue weighted by molar-refractivity contribution is -0.158. The topological polar surface area (TPSA) is 86.6 Å². The Morgan fingerprint density at radius 2 is 2.09 bits per heavy atom. The number of carboxylic acids is 1. The summed E-state index contributed by atoms with van der Waals surface area (Å²) < 4.78 is 0. The fraction of sp³-hybridized carbons (Fsp3) is 0.529. The van der Waals surface area contributed by atoms with E-state index in [2.05, 4.69) is 5.32 Å². The van der Waals surface area contributed by atoms with Gasteiger partial charge >= 0.3 is 5.97 Å². The standard InChI is InChI=1S/C17H18ClNO4/c18-12-3-1-2-9-10(12)4-11-13(9)14(11)15(20)19-7-17(23)5-8(6-17)16(21)22/h1-3,8,11,13-14,23H,4-7H2,(H,19,20)(H,21,22). The molecule has 3 N–H and O–H groups in total. The second kappa shape index (κ2) is 4.95. The maximum atomic E-state index is 12.3. The number of halogens is 1. The minimum absolute atomic E-state index is 0.0417. The highest BCUT2D eigenvalue weighted by molar-refractivity contribution is 6.31. The number of carbonyl (C=O) groups excluding carboxylic acids is 1. The van der Waals surface area contributed by atoms with Crippen molar-refractivity contribution in [1.29, 1.82) is 0 Å². The molecule has 0 saturated heterocycles. The summed E-state index contributed by atoms with van der Waals surface area (Å²) in [5, 5.41) is 22.6. The summed E-state index contributed by atoms with van der Waals surface area (Å²) >= 11 is 6.19. The number of rotatable bonds is 4. The number of fused-ring (bicyclic) bond motifs is 3. The first kappa shape index (κ1) is 15.0. The van der Waals surface area contributed by atoms with E-state index < -0.39 is 17.5 Å².